The van der Waals surface area contributed by atoms with E-state index in [1.807, 2.05) is 39.0 Å². The molecule has 0 fully saturated rings. The summed E-state index contributed by atoms with van der Waals surface area (Å²) in [7, 11) is 0. The van der Waals surface area contributed by atoms with Gasteiger partial charge in [-0.1, -0.05) is 22.9 Å². The van der Waals surface area contributed by atoms with Crippen molar-refractivity contribution >= 4 is 33.4 Å². The van der Waals surface area contributed by atoms with E-state index in [2.05, 4.69) is 21.2 Å². The van der Waals surface area contributed by atoms with Gasteiger partial charge in [0.25, 0.3) is 5.91 Å². The van der Waals surface area contributed by atoms with Gasteiger partial charge in [0, 0.05) is 15.9 Å². The molecule has 0 saturated carbocycles. The van der Waals surface area contributed by atoms with Gasteiger partial charge in [0.15, 0.2) is 0 Å². The van der Waals surface area contributed by atoms with Crippen LogP contribution in [0.4, 0.5) is 0 Å². The van der Waals surface area contributed by atoms with E-state index in [1.165, 1.54) is 0 Å². The van der Waals surface area contributed by atoms with Crippen LogP contribution in [0.15, 0.2) is 22.7 Å². The fraction of sp³-hybridized carbons (Fsp3) is 0.462. The molecule has 0 aliphatic heterocycles. The van der Waals surface area contributed by atoms with E-state index in [-0.39, 0.29) is 11.4 Å². The zero-order chi connectivity index (χ0) is 13.1. The van der Waals surface area contributed by atoms with E-state index >= 15 is 0 Å². The largest absolute Gasteiger partial charge is 0.346 e. The highest BCUT2D eigenvalue weighted by Gasteiger charge is 2.23. The molecule has 0 spiro atoms. The Bertz CT molecular complexity index is 396. The first-order valence-electron chi connectivity index (χ1n) is 5.56. The van der Waals surface area contributed by atoms with Gasteiger partial charge < -0.3 is 5.32 Å². The Morgan fingerprint density at radius 3 is 2.59 bits per heavy atom. The van der Waals surface area contributed by atoms with Crippen LogP contribution < -0.4 is 5.32 Å². The van der Waals surface area contributed by atoms with Gasteiger partial charge in [-0.15, -0.1) is 11.6 Å². The number of nitrogens with one attached hydrogen (secondary N) is 1. The van der Waals surface area contributed by atoms with Crippen molar-refractivity contribution < 1.29 is 4.79 Å². The predicted octanol–water partition coefficient (Wildman–Crippen LogP) is 3.89. The number of rotatable bonds is 4. The van der Waals surface area contributed by atoms with Crippen LogP contribution in [-0.4, -0.2) is 17.3 Å². The first-order chi connectivity index (χ1) is 7.90. The predicted molar refractivity (Wildman–Crippen MR) is 75.8 cm³/mol. The van der Waals surface area contributed by atoms with Crippen LogP contribution in [0.2, 0.25) is 0 Å². The highest BCUT2D eigenvalue weighted by atomic mass is 79.9. The zero-order valence-corrected chi connectivity index (χ0v) is 12.7. The van der Waals surface area contributed by atoms with Gasteiger partial charge in [0.1, 0.15) is 0 Å². The van der Waals surface area contributed by atoms with Crippen LogP contribution in [0.3, 0.4) is 0 Å². The fourth-order valence-corrected chi connectivity index (χ4v) is 2.29. The van der Waals surface area contributed by atoms with Crippen LogP contribution in [0.5, 0.6) is 0 Å². The van der Waals surface area contributed by atoms with E-state index in [9.17, 15) is 4.79 Å². The Balaban J connectivity index is 2.90. The summed E-state index contributed by atoms with van der Waals surface area (Å²) >= 11 is 9.27. The number of carbonyl (C=O) groups excluding carboxylic acids is 1. The van der Waals surface area contributed by atoms with Crippen molar-refractivity contribution in [1.29, 1.82) is 0 Å². The number of alkyl halides is 1. The summed E-state index contributed by atoms with van der Waals surface area (Å²) in [5.41, 5.74) is 1.35. The number of amides is 1. The quantitative estimate of drug-likeness (QED) is 0.838. The van der Waals surface area contributed by atoms with Crippen molar-refractivity contribution in [3.63, 3.8) is 0 Å². The smallest absolute Gasteiger partial charge is 0.251 e. The lowest BCUT2D eigenvalue weighted by Gasteiger charge is -2.27. The Morgan fingerprint density at radius 2 is 2.12 bits per heavy atom. The summed E-state index contributed by atoms with van der Waals surface area (Å²) in [6.07, 6.45) is 0.801. The molecular formula is C13H17BrClNO. The maximum absolute atomic E-state index is 12.1. The molecule has 1 N–H and O–H groups in total. The monoisotopic (exact) mass is 317 g/mol. The van der Waals surface area contributed by atoms with Gasteiger partial charge in [0.05, 0.1) is 5.54 Å². The van der Waals surface area contributed by atoms with Crippen molar-refractivity contribution in [2.75, 3.05) is 5.88 Å². The molecule has 1 aromatic carbocycles. The molecule has 0 aliphatic rings. The molecular weight excluding hydrogens is 302 g/mol. The number of carbonyl (C=O) groups is 1. The number of benzene rings is 1. The van der Waals surface area contributed by atoms with Crippen molar-refractivity contribution in [1.82, 2.24) is 5.32 Å². The third-order valence-electron chi connectivity index (χ3n) is 2.79. The number of hydrogen-bond acceptors (Lipinski definition) is 1. The molecule has 94 valence electrons. The zero-order valence-electron chi connectivity index (χ0n) is 10.3. The van der Waals surface area contributed by atoms with Crippen molar-refractivity contribution in [2.45, 2.75) is 32.7 Å². The summed E-state index contributed by atoms with van der Waals surface area (Å²) in [6.45, 7) is 5.92. The second kappa shape index (κ2) is 5.87. The minimum atomic E-state index is -0.352. The average molecular weight is 319 g/mol. The van der Waals surface area contributed by atoms with Gasteiger partial charge in [-0.2, -0.15) is 0 Å². The van der Waals surface area contributed by atoms with Crippen LogP contribution >= 0.6 is 27.5 Å². The van der Waals surface area contributed by atoms with Crippen LogP contribution in [0, 0.1) is 6.92 Å². The van der Waals surface area contributed by atoms with E-state index in [4.69, 9.17) is 11.6 Å². The van der Waals surface area contributed by atoms with E-state index in [1.54, 1.807) is 0 Å². The van der Waals surface area contributed by atoms with E-state index in [0.717, 1.165) is 16.5 Å². The lowest BCUT2D eigenvalue weighted by molar-refractivity contribution is 0.0912. The summed E-state index contributed by atoms with van der Waals surface area (Å²) in [5.74, 6) is 0.321. The third kappa shape index (κ3) is 4.00. The second-order valence-corrected chi connectivity index (χ2v) is 5.70. The lowest BCUT2D eigenvalue weighted by Crippen LogP contribution is -2.47. The molecule has 0 heterocycles. The SMILES string of the molecule is CCC(C)(CCl)NC(=O)c1cc(C)cc(Br)c1. The molecule has 0 radical (unpaired) electrons. The Hall–Kier alpha value is -0.540. The minimum absolute atomic E-state index is 0.0839. The molecule has 0 aliphatic carbocycles. The molecule has 2 nitrogen and oxygen atoms in total. The first-order valence-corrected chi connectivity index (χ1v) is 6.88. The van der Waals surface area contributed by atoms with Crippen LogP contribution in [0.1, 0.15) is 36.2 Å². The number of aryl methyl sites for hydroxylation is 1. The maximum Gasteiger partial charge on any atom is 0.251 e. The third-order valence-corrected chi connectivity index (χ3v) is 3.84. The van der Waals surface area contributed by atoms with Crippen molar-refractivity contribution in [3.8, 4) is 0 Å². The molecule has 0 bridgehead atoms. The Labute approximate surface area is 116 Å². The van der Waals surface area contributed by atoms with Gasteiger partial charge >= 0.3 is 0 Å². The summed E-state index contributed by atoms with van der Waals surface area (Å²) in [4.78, 5) is 12.1. The average Bonchev–Trinajstić information content (AvgIpc) is 2.27. The Kier molecular flexibility index (Phi) is 5.02. The lowest BCUT2D eigenvalue weighted by atomic mass is 10.0. The summed E-state index contributed by atoms with van der Waals surface area (Å²) in [5, 5.41) is 2.97. The normalized spacial score (nSPS) is 14.2. The van der Waals surface area contributed by atoms with Gasteiger partial charge in [-0.05, 0) is 44.0 Å². The van der Waals surface area contributed by atoms with Gasteiger partial charge in [0.2, 0.25) is 0 Å². The molecule has 1 rings (SSSR count). The molecule has 1 amide bonds. The number of halogens is 2. The summed E-state index contributed by atoms with van der Waals surface area (Å²) < 4.78 is 0.909. The summed E-state index contributed by atoms with van der Waals surface area (Å²) in [6, 6.07) is 5.65. The molecule has 1 atom stereocenters. The van der Waals surface area contributed by atoms with Crippen LogP contribution in [-0.2, 0) is 0 Å². The molecule has 17 heavy (non-hydrogen) atoms. The first kappa shape index (κ1) is 14.5. The fourth-order valence-electron chi connectivity index (χ4n) is 1.43. The van der Waals surface area contributed by atoms with Crippen LogP contribution in [0.25, 0.3) is 0 Å². The molecule has 0 aromatic heterocycles. The molecule has 0 saturated heterocycles. The van der Waals surface area contributed by atoms with E-state index < -0.39 is 0 Å². The van der Waals surface area contributed by atoms with Gasteiger partial charge in [-0.3, -0.25) is 4.79 Å². The molecule has 4 heteroatoms. The number of hydrogen-bond donors (Lipinski definition) is 1. The second-order valence-electron chi connectivity index (χ2n) is 4.52. The minimum Gasteiger partial charge on any atom is -0.346 e. The molecule has 1 aromatic rings. The highest BCUT2D eigenvalue weighted by Crippen LogP contribution is 2.17. The van der Waals surface area contributed by atoms with Gasteiger partial charge in [-0.25, -0.2) is 0 Å². The topological polar surface area (TPSA) is 29.1 Å². The van der Waals surface area contributed by atoms with Crippen molar-refractivity contribution in [3.05, 3.63) is 33.8 Å². The molecule has 1 unspecified atom stereocenters. The standard InChI is InChI=1S/C13H17BrClNO/c1-4-13(3,8-15)16-12(17)10-5-9(2)6-11(14)7-10/h5-7H,4,8H2,1-3H3,(H,16,17). The highest BCUT2D eigenvalue weighted by molar-refractivity contribution is 9.10. The Morgan fingerprint density at radius 1 is 1.47 bits per heavy atom. The van der Waals surface area contributed by atoms with E-state index in [0.29, 0.717) is 11.4 Å². The maximum atomic E-state index is 12.1. The van der Waals surface area contributed by atoms with Crippen molar-refractivity contribution in [2.24, 2.45) is 0 Å².